The number of carbonyl (C=O) groups is 1. The Morgan fingerprint density at radius 1 is 1.37 bits per heavy atom. The van der Waals surface area contributed by atoms with Gasteiger partial charge in [0.2, 0.25) is 0 Å². The normalized spacial score (nSPS) is 18.4. The van der Waals surface area contributed by atoms with Crippen molar-refractivity contribution in [3.63, 3.8) is 0 Å². The van der Waals surface area contributed by atoms with Gasteiger partial charge in [-0.05, 0) is 37.0 Å². The summed E-state index contributed by atoms with van der Waals surface area (Å²) in [7, 11) is 0. The Kier molecular flexibility index (Phi) is 5.15. The summed E-state index contributed by atoms with van der Waals surface area (Å²) < 4.78 is 0. The lowest BCUT2D eigenvalue weighted by atomic mass is 9.94. The first kappa shape index (κ1) is 15.1. The standard InChI is InChI=1S/C14H16BrCl2NO/c1-9(15)10-4-6-18(7-5-10)14(19)12-8-11(16)2-3-13(12)17/h2-3,8-10H,4-7H2,1H3. The van der Waals surface area contributed by atoms with E-state index in [0.29, 0.717) is 26.4 Å². The predicted octanol–water partition coefficient (Wildman–Crippen LogP) is 4.63. The van der Waals surface area contributed by atoms with Gasteiger partial charge < -0.3 is 4.90 Å². The number of benzene rings is 1. The topological polar surface area (TPSA) is 20.3 Å². The number of alkyl halides is 1. The number of piperidine rings is 1. The average molecular weight is 365 g/mol. The third kappa shape index (κ3) is 3.65. The van der Waals surface area contributed by atoms with Crippen molar-refractivity contribution in [1.29, 1.82) is 0 Å². The van der Waals surface area contributed by atoms with Gasteiger partial charge in [-0.1, -0.05) is 46.1 Å². The summed E-state index contributed by atoms with van der Waals surface area (Å²) >= 11 is 15.6. The Hall–Kier alpha value is -0.250. The molecule has 1 unspecified atom stereocenters. The Bertz CT molecular complexity index is 471. The van der Waals surface area contributed by atoms with E-state index in [9.17, 15) is 4.79 Å². The van der Waals surface area contributed by atoms with Crippen molar-refractivity contribution >= 4 is 45.0 Å². The molecule has 1 aromatic carbocycles. The minimum Gasteiger partial charge on any atom is -0.339 e. The highest BCUT2D eigenvalue weighted by Crippen LogP contribution is 2.28. The number of carbonyl (C=O) groups excluding carboxylic acids is 1. The summed E-state index contributed by atoms with van der Waals surface area (Å²) in [5.74, 6) is 0.618. The monoisotopic (exact) mass is 363 g/mol. The molecule has 0 radical (unpaired) electrons. The second-order valence-electron chi connectivity index (χ2n) is 4.93. The van der Waals surface area contributed by atoms with Gasteiger partial charge in [0, 0.05) is 22.9 Å². The Labute approximate surface area is 132 Å². The van der Waals surface area contributed by atoms with Crippen molar-refractivity contribution in [3.8, 4) is 0 Å². The van der Waals surface area contributed by atoms with Gasteiger partial charge in [-0.15, -0.1) is 0 Å². The lowest BCUT2D eigenvalue weighted by Crippen LogP contribution is -2.40. The maximum Gasteiger partial charge on any atom is 0.255 e. The van der Waals surface area contributed by atoms with E-state index in [1.807, 2.05) is 4.90 Å². The van der Waals surface area contributed by atoms with E-state index >= 15 is 0 Å². The second-order valence-corrected chi connectivity index (χ2v) is 7.22. The SMILES string of the molecule is CC(Br)C1CCN(C(=O)c2cc(Cl)ccc2Cl)CC1. The quantitative estimate of drug-likeness (QED) is 0.700. The van der Waals surface area contributed by atoms with Crippen LogP contribution in [-0.2, 0) is 0 Å². The van der Waals surface area contributed by atoms with Gasteiger partial charge in [0.1, 0.15) is 0 Å². The third-order valence-corrected chi connectivity index (χ3v) is 4.95. The van der Waals surface area contributed by atoms with E-state index in [2.05, 4.69) is 22.9 Å². The number of hydrogen-bond donors (Lipinski definition) is 0. The summed E-state index contributed by atoms with van der Waals surface area (Å²) in [4.78, 5) is 14.8. The Morgan fingerprint density at radius 2 is 2.00 bits per heavy atom. The van der Waals surface area contributed by atoms with E-state index in [0.717, 1.165) is 25.9 Å². The van der Waals surface area contributed by atoms with Crippen molar-refractivity contribution in [2.45, 2.75) is 24.6 Å². The largest absolute Gasteiger partial charge is 0.339 e. The first-order valence-electron chi connectivity index (χ1n) is 6.37. The van der Waals surface area contributed by atoms with E-state index in [1.165, 1.54) is 0 Å². The molecule has 0 bridgehead atoms. The zero-order valence-corrected chi connectivity index (χ0v) is 13.8. The number of halogens is 3. The molecule has 2 rings (SSSR count). The van der Waals surface area contributed by atoms with Crippen molar-refractivity contribution in [2.75, 3.05) is 13.1 Å². The number of likely N-dealkylation sites (tertiary alicyclic amines) is 1. The highest BCUT2D eigenvalue weighted by molar-refractivity contribution is 9.09. The number of rotatable bonds is 2. The molecule has 5 heteroatoms. The number of nitrogens with zero attached hydrogens (tertiary/aromatic N) is 1. The average Bonchev–Trinajstić information content (AvgIpc) is 2.41. The molecule has 1 fully saturated rings. The highest BCUT2D eigenvalue weighted by Gasteiger charge is 2.26. The molecule has 1 atom stereocenters. The number of hydrogen-bond acceptors (Lipinski definition) is 1. The molecule has 0 N–H and O–H groups in total. The second kappa shape index (κ2) is 6.47. The lowest BCUT2D eigenvalue weighted by Gasteiger charge is -2.33. The van der Waals surface area contributed by atoms with Crippen LogP contribution in [0.25, 0.3) is 0 Å². The molecule has 0 aromatic heterocycles. The number of amides is 1. The van der Waals surface area contributed by atoms with Gasteiger partial charge in [-0.3, -0.25) is 4.79 Å². The summed E-state index contributed by atoms with van der Waals surface area (Å²) in [6, 6.07) is 5.01. The molecule has 1 heterocycles. The minimum absolute atomic E-state index is 0.0202. The van der Waals surface area contributed by atoms with Crippen molar-refractivity contribution in [2.24, 2.45) is 5.92 Å². The van der Waals surface area contributed by atoms with Gasteiger partial charge in [0.15, 0.2) is 0 Å². The molecule has 0 saturated carbocycles. The maximum absolute atomic E-state index is 12.4. The molecular formula is C14H16BrCl2NO. The van der Waals surface area contributed by atoms with Gasteiger partial charge in [0.05, 0.1) is 10.6 Å². The molecule has 1 aliphatic heterocycles. The fraction of sp³-hybridized carbons (Fsp3) is 0.500. The summed E-state index contributed by atoms with van der Waals surface area (Å²) in [6.07, 6.45) is 2.05. The molecule has 2 nitrogen and oxygen atoms in total. The van der Waals surface area contributed by atoms with Crippen LogP contribution >= 0.6 is 39.1 Å². The molecule has 104 valence electrons. The van der Waals surface area contributed by atoms with Crippen LogP contribution in [0.3, 0.4) is 0 Å². The van der Waals surface area contributed by atoms with Crippen LogP contribution in [0.2, 0.25) is 10.0 Å². The van der Waals surface area contributed by atoms with E-state index in [4.69, 9.17) is 23.2 Å². The smallest absolute Gasteiger partial charge is 0.255 e. The van der Waals surface area contributed by atoms with Crippen molar-refractivity contribution in [1.82, 2.24) is 4.90 Å². The predicted molar refractivity (Wildman–Crippen MR) is 83.5 cm³/mol. The summed E-state index contributed by atoms with van der Waals surface area (Å²) in [6.45, 7) is 3.72. The van der Waals surface area contributed by atoms with Crippen LogP contribution in [-0.4, -0.2) is 28.7 Å². The summed E-state index contributed by atoms with van der Waals surface area (Å²) in [5, 5.41) is 1.00. The van der Waals surface area contributed by atoms with Crippen LogP contribution in [0.5, 0.6) is 0 Å². The van der Waals surface area contributed by atoms with E-state index in [1.54, 1.807) is 18.2 Å². The molecule has 19 heavy (non-hydrogen) atoms. The van der Waals surface area contributed by atoms with E-state index < -0.39 is 0 Å². The van der Waals surface area contributed by atoms with Crippen LogP contribution in [0.4, 0.5) is 0 Å². The first-order valence-corrected chi connectivity index (χ1v) is 8.04. The van der Waals surface area contributed by atoms with Crippen molar-refractivity contribution < 1.29 is 4.79 Å². The fourth-order valence-electron chi connectivity index (χ4n) is 2.39. The molecule has 1 aromatic rings. The van der Waals surface area contributed by atoms with Gasteiger partial charge in [0.25, 0.3) is 5.91 Å². The van der Waals surface area contributed by atoms with Gasteiger partial charge in [-0.25, -0.2) is 0 Å². The molecular weight excluding hydrogens is 349 g/mol. The third-order valence-electron chi connectivity index (χ3n) is 3.64. The molecule has 0 spiro atoms. The first-order chi connectivity index (χ1) is 8.99. The Morgan fingerprint density at radius 3 is 2.58 bits per heavy atom. The zero-order chi connectivity index (χ0) is 14.0. The maximum atomic E-state index is 12.4. The fourth-order valence-corrected chi connectivity index (χ4v) is 3.29. The van der Waals surface area contributed by atoms with E-state index in [-0.39, 0.29) is 5.91 Å². The molecule has 1 saturated heterocycles. The van der Waals surface area contributed by atoms with Crippen LogP contribution < -0.4 is 0 Å². The van der Waals surface area contributed by atoms with Crippen LogP contribution in [0.1, 0.15) is 30.1 Å². The van der Waals surface area contributed by atoms with Crippen LogP contribution in [0, 0.1) is 5.92 Å². The van der Waals surface area contributed by atoms with Gasteiger partial charge in [-0.2, -0.15) is 0 Å². The molecule has 1 aliphatic rings. The molecule has 0 aliphatic carbocycles. The molecule has 1 amide bonds. The van der Waals surface area contributed by atoms with Crippen LogP contribution in [0.15, 0.2) is 18.2 Å². The zero-order valence-electron chi connectivity index (χ0n) is 10.7. The Balaban J connectivity index is 2.07. The van der Waals surface area contributed by atoms with Crippen molar-refractivity contribution in [3.05, 3.63) is 33.8 Å². The minimum atomic E-state index is -0.0202. The summed E-state index contributed by atoms with van der Waals surface area (Å²) in [5.41, 5.74) is 0.500. The lowest BCUT2D eigenvalue weighted by molar-refractivity contribution is 0.0691. The van der Waals surface area contributed by atoms with Gasteiger partial charge >= 0.3 is 0 Å². The highest BCUT2D eigenvalue weighted by atomic mass is 79.9.